The van der Waals surface area contributed by atoms with Gasteiger partial charge in [-0.1, -0.05) is 24.3 Å². The molecule has 28 heavy (non-hydrogen) atoms. The number of carbonyl (C=O) groups is 1. The normalized spacial score (nSPS) is 13.4. The first-order chi connectivity index (χ1) is 13.7. The maximum Gasteiger partial charge on any atom is 0.404 e. The Balaban J connectivity index is 1.50. The van der Waals surface area contributed by atoms with E-state index in [0.717, 1.165) is 33.4 Å². The SMILES string of the molecule is O=C(O)NCCNCc1cccc(-c2ccc3ncnc(NC4CC4)c3c2)c1. The number of nitrogens with one attached hydrogen (secondary N) is 3. The number of fused-ring (bicyclic) bond motifs is 1. The van der Waals surface area contributed by atoms with E-state index in [1.54, 1.807) is 6.33 Å². The summed E-state index contributed by atoms with van der Waals surface area (Å²) in [6.07, 6.45) is 3.00. The zero-order chi connectivity index (χ0) is 19.3. The van der Waals surface area contributed by atoms with Gasteiger partial charge in [0.15, 0.2) is 0 Å². The largest absolute Gasteiger partial charge is 0.465 e. The van der Waals surface area contributed by atoms with E-state index in [0.29, 0.717) is 25.7 Å². The van der Waals surface area contributed by atoms with E-state index in [2.05, 4.69) is 56.3 Å². The van der Waals surface area contributed by atoms with Crippen LogP contribution in [0.25, 0.3) is 22.0 Å². The Hall–Kier alpha value is -3.19. The summed E-state index contributed by atoms with van der Waals surface area (Å²) in [6.45, 7) is 1.65. The molecule has 0 bridgehead atoms. The van der Waals surface area contributed by atoms with Crippen molar-refractivity contribution in [3.63, 3.8) is 0 Å². The van der Waals surface area contributed by atoms with Gasteiger partial charge in [0.25, 0.3) is 0 Å². The molecule has 1 heterocycles. The van der Waals surface area contributed by atoms with E-state index in [1.807, 2.05) is 12.1 Å². The van der Waals surface area contributed by atoms with E-state index in [4.69, 9.17) is 5.11 Å². The third kappa shape index (κ3) is 4.55. The molecular weight excluding hydrogens is 354 g/mol. The first-order valence-corrected chi connectivity index (χ1v) is 9.47. The van der Waals surface area contributed by atoms with Crippen LogP contribution in [-0.4, -0.2) is 40.3 Å². The molecule has 3 aromatic rings. The molecule has 1 aliphatic rings. The van der Waals surface area contributed by atoms with Crippen molar-refractivity contribution >= 4 is 22.8 Å². The molecule has 1 saturated carbocycles. The first-order valence-electron chi connectivity index (χ1n) is 9.47. The summed E-state index contributed by atoms with van der Waals surface area (Å²) >= 11 is 0. The molecule has 1 amide bonds. The Kier molecular flexibility index (Phi) is 5.34. The Morgan fingerprint density at radius 2 is 1.93 bits per heavy atom. The molecular formula is C21H23N5O2. The molecule has 0 aliphatic heterocycles. The van der Waals surface area contributed by atoms with Crippen LogP contribution in [-0.2, 0) is 6.54 Å². The van der Waals surface area contributed by atoms with Crippen LogP contribution in [0.1, 0.15) is 18.4 Å². The van der Waals surface area contributed by atoms with Gasteiger partial charge in [0.05, 0.1) is 5.52 Å². The van der Waals surface area contributed by atoms with Crippen LogP contribution in [0.5, 0.6) is 0 Å². The lowest BCUT2D eigenvalue weighted by Gasteiger charge is -2.10. The lowest BCUT2D eigenvalue weighted by Crippen LogP contribution is -2.30. The number of rotatable bonds is 8. The summed E-state index contributed by atoms with van der Waals surface area (Å²) in [5.41, 5.74) is 4.33. The Labute approximate surface area is 163 Å². The second-order valence-electron chi connectivity index (χ2n) is 6.98. The van der Waals surface area contributed by atoms with Gasteiger partial charge in [0, 0.05) is 31.1 Å². The van der Waals surface area contributed by atoms with Crippen molar-refractivity contribution in [1.82, 2.24) is 20.6 Å². The van der Waals surface area contributed by atoms with Gasteiger partial charge >= 0.3 is 6.09 Å². The van der Waals surface area contributed by atoms with Crippen molar-refractivity contribution in [2.24, 2.45) is 0 Å². The zero-order valence-electron chi connectivity index (χ0n) is 15.5. The molecule has 1 aromatic heterocycles. The highest BCUT2D eigenvalue weighted by molar-refractivity contribution is 5.92. The van der Waals surface area contributed by atoms with E-state index < -0.39 is 6.09 Å². The summed E-state index contributed by atoms with van der Waals surface area (Å²) in [6, 6.07) is 15.1. The molecule has 0 spiro atoms. The van der Waals surface area contributed by atoms with Crippen LogP contribution in [0.2, 0.25) is 0 Å². The second-order valence-corrected chi connectivity index (χ2v) is 6.98. The van der Waals surface area contributed by atoms with Gasteiger partial charge in [-0.05, 0) is 47.7 Å². The lowest BCUT2D eigenvalue weighted by molar-refractivity contribution is 0.194. The molecule has 4 rings (SSSR count). The maximum atomic E-state index is 10.5. The first kappa shape index (κ1) is 18.2. The quantitative estimate of drug-likeness (QED) is 0.450. The van der Waals surface area contributed by atoms with Gasteiger partial charge in [-0.15, -0.1) is 0 Å². The topological polar surface area (TPSA) is 99.2 Å². The average molecular weight is 377 g/mol. The van der Waals surface area contributed by atoms with Crippen LogP contribution in [0.4, 0.5) is 10.6 Å². The Morgan fingerprint density at radius 3 is 2.75 bits per heavy atom. The van der Waals surface area contributed by atoms with Crippen LogP contribution < -0.4 is 16.0 Å². The Bertz CT molecular complexity index is 987. The number of carboxylic acid groups (broad SMARTS) is 1. The zero-order valence-corrected chi connectivity index (χ0v) is 15.5. The third-order valence-corrected chi connectivity index (χ3v) is 4.72. The molecule has 7 nitrogen and oxygen atoms in total. The predicted octanol–water partition coefficient (Wildman–Crippen LogP) is 3.23. The second kappa shape index (κ2) is 8.22. The summed E-state index contributed by atoms with van der Waals surface area (Å²) in [5.74, 6) is 0.901. The van der Waals surface area contributed by atoms with E-state index in [1.165, 1.54) is 12.8 Å². The minimum absolute atomic E-state index is 0.385. The van der Waals surface area contributed by atoms with Crippen LogP contribution in [0.15, 0.2) is 48.8 Å². The third-order valence-electron chi connectivity index (χ3n) is 4.72. The highest BCUT2D eigenvalue weighted by Crippen LogP contribution is 2.30. The number of hydrogen-bond acceptors (Lipinski definition) is 5. The van der Waals surface area contributed by atoms with Crippen LogP contribution >= 0.6 is 0 Å². The van der Waals surface area contributed by atoms with Gasteiger partial charge < -0.3 is 21.1 Å². The number of hydrogen-bond donors (Lipinski definition) is 4. The number of nitrogens with zero attached hydrogens (tertiary/aromatic N) is 2. The van der Waals surface area contributed by atoms with Gasteiger partial charge in [0.2, 0.25) is 0 Å². The van der Waals surface area contributed by atoms with Crippen molar-refractivity contribution in [2.45, 2.75) is 25.4 Å². The van der Waals surface area contributed by atoms with Crippen molar-refractivity contribution in [3.8, 4) is 11.1 Å². The number of aromatic nitrogens is 2. The minimum atomic E-state index is -1.00. The maximum absolute atomic E-state index is 10.5. The number of benzene rings is 2. The summed E-state index contributed by atoms with van der Waals surface area (Å²) in [4.78, 5) is 19.3. The fraction of sp³-hybridized carbons (Fsp3) is 0.286. The molecule has 2 aromatic carbocycles. The summed E-state index contributed by atoms with van der Waals surface area (Å²) in [5, 5.41) is 18.7. The molecule has 0 saturated heterocycles. The Morgan fingerprint density at radius 1 is 1.07 bits per heavy atom. The van der Waals surface area contributed by atoms with Gasteiger partial charge in [0.1, 0.15) is 12.1 Å². The minimum Gasteiger partial charge on any atom is -0.465 e. The van der Waals surface area contributed by atoms with E-state index in [9.17, 15) is 4.79 Å². The van der Waals surface area contributed by atoms with Crippen LogP contribution in [0, 0.1) is 0 Å². The van der Waals surface area contributed by atoms with Gasteiger partial charge in [-0.3, -0.25) is 0 Å². The number of anilines is 1. The smallest absolute Gasteiger partial charge is 0.404 e. The number of amides is 1. The standard InChI is InChI=1S/C21H23N5O2/c27-21(28)23-9-8-22-12-14-2-1-3-15(10-14)16-4-7-19-18(11-16)20(25-13-24-19)26-17-5-6-17/h1-4,7,10-11,13,17,22-23H,5-6,8-9,12H2,(H,27,28)(H,24,25,26). The van der Waals surface area contributed by atoms with Crippen LogP contribution in [0.3, 0.4) is 0 Å². The fourth-order valence-corrected chi connectivity index (χ4v) is 3.12. The molecule has 4 N–H and O–H groups in total. The van der Waals surface area contributed by atoms with Crippen molar-refractivity contribution in [1.29, 1.82) is 0 Å². The fourth-order valence-electron chi connectivity index (χ4n) is 3.12. The summed E-state index contributed by atoms with van der Waals surface area (Å²) < 4.78 is 0. The molecule has 7 heteroatoms. The molecule has 0 atom stereocenters. The molecule has 1 aliphatic carbocycles. The van der Waals surface area contributed by atoms with Gasteiger partial charge in [-0.25, -0.2) is 14.8 Å². The van der Waals surface area contributed by atoms with E-state index in [-0.39, 0.29) is 0 Å². The van der Waals surface area contributed by atoms with Gasteiger partial charge in [-0.2, -0.15) is 0 Å². The monoisotopic (exact) mass is 377 g/mol. The molecule has 0 unspecified atom stereocenters. The highest BCUT2D eigenvalue weighted by Gasteiger charge is 2.22. The predicted molar refractivity (Wildman–Crippen MR) is 109 cm³/mol. The molecule has 144 valence electrons. The van der Waals surface area contributed by atoms with Crippen molar-refractivity contribution < 1.29 is 9.90 Å². The van der Waals surface area contributed by atoms with E-state index >= 15 is 0 Å². The molecule has 1 fully saturated rings. The highest BCUT2D eigenvalue weighted by atomic mass is 16.4. The summed E-state index contributed by atoms with van der Waals surface area (Å²) in [7, 11) is 0. The lowest BCUT2D eigenvalue weighted by atomic mass is 10.0. The van der Waals surface area contributed by atoms with Crippen molar-refractivity contribution in [3.05, 3.63) is 54.4 Å². The molecule has 0 radical (unpaired) electrons. The van der Waals surface area contributed by atoms with Crippen molar-refractivity contribution in [2.75, 3.05) is 18.4 Å². The average Bonchev–Trinajstić information content (AvgIpc) is 3.52.